The predicted molar refractivity (Wildman–Crippen MR) is 108 cm³/mol. The lowest BCUT2D eigenvalue weighted by Gasteiger charge is -2.34. The van der Waals surface area contributed by atoms with Crippen molar-refractivity contribution in [1.29, 1.82) is 0 Å². The Morgan fingerprint density at radius 2 is 1.77 bits per heavy atom. The summed E-state index contributed by atoms with van der Waals surface area (Å²) in [6.07, 6.45) is 0. The summed E-state index contributed by atoms with van der Waals surface area (Å²) in [5.41, 5.74) is 1.33. The average molecular weight is 458 g/mol. The number of imidazole rings is 1. The molecule has 1 aliphatic rings. The molecule has 0 atom stereocenters. The van der Waals surface area contributed by atoms with Crippen LogP contribution in [-0.2, 0) is 16.7 Å². The van der Waals surface area contributed by atoms with Gasteiger partial charge in [0.2, 0.25) is 10.0 Å². The van der Waals surface area contributed by atoms with E-state index in [1.54, 1.807) is 42.7 Å². The lowest BCUT2D eigenvalue weighted by Crippen LogP contribution is -2.49. The van der Waals surface area contributed by atoms with Crippen LogP contribution in [0.25, 0.3) is 11.0 Å². The van der Waals surface area contributed by atoms with Gasteiger partial charge in [0.15, 0.2) is 10.5 Å². The van der Waals surface area contributed by atoms with Gasteiger partial charge >= 0.3 is 6.55 Å². The molecule has 12 heteroatoms. The number of sulfonamides is 1. The number of alkyl halides is 2. The van der Waals surface area contributed by atoms with Gasteiger partial charge in [-0.05, 0) is 38.2 Å². The molecular formula is C18H21F2N5O3S2. The van der Waals surface area contributed by atoms with E-state index >= 15 is 0 Å². The zero-order valence-corrected chi connectivity index (χ0v) is 18.1. The number of aryl methyl sites for hydroxylation is 2. The molecule has 0 spiro atoms. The van der Waals surface area contributed by atoms with Crippen molar-refractivity contribution < 1.29 is 21.7 Å². The molecule has 0 saturated carbocycles. The fourth-order valence-corrected chi connectivity index (χ4v) is 5.89. The maximum absolute atomic E-state index is 13.5. The second-order valence-electron chi connectivity index (χ2n) is 7.16. The number of halogens is 2. The van der Waals surface area contributed by atoms with Crippen LogP contribution in [0.2, 0.25) is 0 Å². The summed E-state index contributed by atoms with van der Waals surface area (Å²) in [7, 11) is -3.71. The Balaban J connectivity index is 1.54. The van der Waals surface area contributed by atoms with Gasteiger partial charge in [-0.25, -0.2) is 8.42 Å². The van der Waals surface area contributed by atoms with Crippen LogP contribution in [0.4, 0.5) is 8.78 Å². The van der Waals surface area contributed by atoms with E-state index < -0.39 is 16.6 Å². The van der Waals surface area contributed by atoms with Crippen molar-refractivity contribution in [2.45, 2.75) is 32.0 Å². The number of benzene rings is 1. The van der Waals surface area contributed by atoms with Gasteiger partial charge in [-0.15, -0.1) is 0 Å². The summed E-state index contributed by atoms with van der Waals surface area (Å²) >= 11 is 5.30. The first-order valence-electron chi connectivity index (χ1n) is 9.35. The molecule has 3 aromatic rings. The minimum absolute atomic E-state index is 0.0389. The topological polar surface area (TPSA) is 76.5 Å². The van der Waals surface area contributed by atoms with Crippen molar-refractivity contribution in [2.24, 2.45) is 0 Å². The SMILES string of the molecule is Cc1noc(C)c1S(=O)(=O)N1CCN(Cn2c(=S)n(C(F)F)c3ccccc32)CC1. The Bertz CT molecular complexity index is 1220. The molecule has 2 aromatic heterocycles. The molecule has 1 fully saturated rings. The van der Waals surface area contributed by atoms with Gasteiger partial charge in [-0.1, -0.05) is 17.3 Å². The highest BCUT2D eigenvalue weighted by Gasteiger charge is 2.33. The Morgan fingerprint density at radius 1 is 1.13 bits per heavy atom. The highest BCUT2D eigenvalue weighted by atomic mass is 32.2. The normalized spacial score (nSPS) is 16.7. The molecule has 0 unspecified atom stereocenters. The van der Waals surface area contributed by atoms with Crippen molar-refractivity contribution in [1.82, 2.24) is 23.5 Å². The molecule has 30 heavy (non-hydrogen) atoms. The largest absolute Gasteiger partial charge is 0.360 e. The van der Waals surface area contributed by atoms with Crippen LogP contribution in [0.5, 0.6) is 0 Å². The summed E-state index contributed by atoms with van der Waals surface area (Å²) in [4.78, 5) is 2.11. The van der Waals surface area contributed by atoms with E-state index in [1.807, 2.05) is 4.90 Å². The molecule has 1 aliphatic heterocycles. The number of nitrogens with zero attached hydrogens (tertiary/aromatic N) is 5. The third kappa shape index (κ3) is 3.47. The average Bonchev–Trinajstić information content (AvgIpc) is 3.19. The first-order valence-corrected chi connectivity index (χ1v) is 11.2. The zero-order chi connectivity index (χ0) is 21.6. The molecule has 4 rings (SSSR count). The molecule has 8 nitrogen and oxygen atoms in total. The first-order chi connectivity index (χ1) is 14.2. The summed E-state index contributed by atoms with van der Waals surface area (Å²) in [5, 5.41) is 3.73. The molecule has 3 heterocycles. The second-order valence-corrected chi connectivity index (χ2v) is 9.40. The van der Waals surface area contributed by atoms with Gasteiger partial charge < -0.3 is 9.09 Å². The summed E-state index contributed by atoms with van der Waals surface area (Å²) in [6.45, 7) is 2.17. The maximum atomic E-state index is 13.5. The highest BCUT2D eigenvalue weighted by Crippen LogP contribution is 2.26. The van der Waals surface area contributed by atoms with E-state index in [0.29, 0.717) is 36.5 Å². The Hall–Kier alpha value is -2.15. The number of aromatic nitrogens is 3. The number of para-hydroxylation sites is 2. The van der Waals surface area contributed by atoms with Crippen LogP contribution >= 0.6 is 12.2 Å². The first kappa shape index (κ1) is 21.1. The van der Waals surface area contributed by atoms with Gasteiger partial charge in [-0.2, -0.15) is 13.1 Å². The van der Waals surface area contributed by atoms with Crippen molar-refractivity contribution in [2.75, 3.05) is 26.2 Å². The molecule has 0 aliphatic carbocycles. The van der Waals surface area contributed by atoms with E-state index in [0.717, 1.165) is 4.57 Å². The lowest BCUT2D eigenvalue weighted by atomic mass is 10.3. The monoisotopic (exact) mass is 457 g/mol. The van der Waals surface area contributed by atoms with Crippen molar-refractivity contribution >= 4 is 33.3 Å². The number of hydrogen-bond donors (Lipinski definition) is 0. The van der Waals surface area contributed by atoms with E-state index in [2.05, 4.69) is 5.16 Å². The van der Waals surface area contributed by atoms with Gasteiger partial charge in [0.05, 0.1) is 17.7 Å². The quantitative estimate of drug-likeness (QED) is 0.548. The lowest BCUT2D eigenvalue weighted by molar-refractivity contribution is 0.0710. The van der Waals surface area contributed by atoms with Crippen LogP contribution in [0.1, 0.15) is 18.0 Å². The number of piperazine rings is 1. The van der Waals surface area contributed by atoms with Crippen LogP contribution in [0, 0.1) is 18.6 Å². The van der Waals surface area contributed by atoms with Gasteiger partial charge in [0.25, 0.3) is 0 Å². The van der Waals surface area contributed by atoms with Crippen LogP contribution in [0.3, 0.4) is 0 Å². The molecule has 1 saturated heterocycles. The number of fused-ring (bicyclic) bond motifs is 1. The third-order valence-corrected chi connectivity index (χ3v) is 7.86. The maximum Gasteiger partial charge on any atom is 0.321 e. The van der Waals surface area contributed by atoms with Gasteiger partial charge in [0, 0.05) is 26.2 Å². The zero-order valence-electron chi connectivity index (χ0n) is 16.5. The fourth-order valence-electron chi connectivity index (χ4n) is 3.84. The summed E-state index contributed by atoms with van der Waals surface area (Å²) in [6, 6.07) is 6.83. The standard InChI is InChI=1S/C18H21F2N5O3S2/c1-12-16(13(2)28-21-12)30(26,27)23-9-7-22(8-10-23)11-24-14-5-3-4-6-15(14)25(17(19)20)18(24)29/h3-6,17H,7-11H2,1-2H3. The van der Waals surface area contributed by atoms with E-state index in [1.165, 1.54) is 4.31 Å². The Labute approximate surface area is 177 Å². The number of rotatable bonds is 5. The van der Waals surface area contributed by atoms with Crippen LogP contribution in [-0.4, -0.2) is 58.1 Å². The molecule has 0 bridgehead atoms. The van der Waals surface area contributed by atoms with E-state index in [9.17, 15) is 17.2 Å². The van der Waals surface area contributed by atoms with Crippen LogP contribution < -0.4 is 0 Å². The Morgan fingerprint density at radius 3 is 2.33 bits per heavy atom. The van der Waals surface area contributed by atoms with Gasteiger partial charge in [-0.3, -0.25) is 9.47 Å². The fraction of sp³-hybridized carbons (Fsp3) is 0.444. The van der Waals surface area contributed by atoms with Crippen molar-refractivity contribution in [3.63, 3.8) is 0 Å². The summed E-state index contributed by atoms with van der Waals surface area (Å²) in [5.74, 6) is 0.265. The van der Waals surface area contributed by atoms with Crippen molar-refractivity contribution in [3.05, 3.63) is 40.5 Å². The van der Waals surface area contributed by atoms with Crippen LogP contribution in [0.15, 0.2) is 33.7 Å². The molecule has 0 radical (unpaired) electrons. The third-order valence-electron chi connectivity index (χ3n) is 5.30. The molecular weight excluding hydrogens is 436 g/mol. The smallest absolute Gasteiger partial charge is 0.321 e. The minimum Gasteiger partial charge on any atom is -0.360 e. The number of hydrogen-bond acceptors (Lipinski definition) is 6. The van der Waals surface area contributed by atoms with Crippen molar-refractivity contribution in [3.8, 4) is 0 Å². The second kappa shape index (κ2) is 7.84. The van der Waals surface area contributed by atoms with E-state index in [-0.39, 0.29) is 28.5 Å². The predicted octanol–water partition coefficient (Wildman–Crippen LogP) is 3.14. The van der Waals surface area contributed by atoms with E-state index in [4.69, 9.17) is 16.7 Å². The molecule has 162 valence electrons. The van der Waals surface area contributed by atoms with Gasteiger partial charge in [0.1, 0.15) is 10.6 Å². The highest BCUT2D eigenvalue weighted by molar-refractivity contribution is 7.89. The molecule has 0 amide bonds. The minimum atomic E-state index is -3.71. The molecule has 0 N–H and O–H groups in total. The Kier molecular flexibility index (Phi) is 5.51. The molecule has 1 aromatic carbocycles. The summed E-state index contributed by atoms with van der Waals surface area (Å²) < 4.78 is 61.9.